The fourth-order valence-corrected chi connectivity index (χ4v) is 4.09. The van der Waals surface area contributed by atoms with Crippen LogP contribution < -0.4 is 0 Å². The number of non-ortho nitro benzene ring substituents is 1. The topological polar surface area (TPSA) is 118 Å². The van der Waals surface area contributed by atoms with Gasteiger partial charge in [-0.05, 0) is 33.3 Å². The average molecular weight is 380 g/mol. The largest absolute Gasteiger partial charge is 0.444 e. The normalized spacial score (nSPS) is 18.9. The van der Waals surface area contributed by atoms with E-state index in [2.05, 4.69) is 9.97 Å². The molecule has 0 bridgehead atoms. The molecule has 1 aromatic heterocycles. The predicted octanol–water partition coefficient (Wildman–Crippen LogP) is 2.59. The molecular weight excluding hydrogens is 360 g/mol. The van der Waals surface area contributed by atoms with E-state index in [1.807, 2.05) is 0 Å². The highest BCUT2D eigenvalue weighted by Gasteiger charge is 2.34. The Kier molecular flexibility index (Phi) is 4.70. The summed E-state index contributed by atoms with van der Waals surface area (Å²) in [5, 5.41) is 10.9. The van der Waals surface area contributed by atoms with Crippen molar-refractivity contribution in [3.8, 4) is 0 Å². The molecule has 1 saturated heterocycles. The highest BCUT2D eigenvalue weighted by molar-refractivity contribution is 7.85. The van der Waals surface area contributed by atoms with E-state index in [0.717, 1.165) is 0 Å². The first kappa shape index (κ1) is 18.3. The number of H-pyrrole nitrogens is 1. The summed E-state index contributed by atoms with van der Waals surface area (Å²) in [6.07, 6.45) is 0.153. The third kappa shape index (κ3) is 3.85. The molecule has 0 saturated carbocycles. The van der Waals surface area contributed by atoms with Gasteiger partial charge >= 0.3 is 6.09 Å². The Morgan fingerprint density at radius 2 is 2.19 bits per heavy atom. The number of fused-ring (bicyclic) bond motifs is 1. The fourth-order valence-electron chi connectivity index (χ4n) is 2.74. The Morgan fingerprint density at radius 1 is 1.46 bits per heavy atom. The van der Waals surface area contributed by atoms with Crippen molar-refractivity contribution in [2.45, 2.75) is 43.2 Å². The third-order valence-corrected chi connectivity index (χ3v) is 5.51. The van der Waals surface area contributed by atoms with Crippen molar-refractivity contribution >= 4 is 33.6 Å². The van der Waals surface area contributed by atoms with Crippen LogP contribution in [0.15, 0.2) is 23.4 Å². The molecule has 0 spiro atoms. The Balaban J connectivity index is 1.73. The predicted molar refractivity (Wildman–Crippen MR) is 95.4 cm³/mol. The van der Waals surface area contributed by atoms with E-state index in [1.165, 1.54) is 18.2 Å². The molecule has 1 unspecified atom stereocenters. The van der Waals surface area contributed by atoms with E-state index >= 15 is 0 Å². The lowest BCUT2D eigenvalue weighted by atomic mass is 10.2. The number of aromatic nitrogens is 2. The van der Waals surface area contributed by atoms with Crippen LogP contribution in [0.3, 0.4) is 0 Å². The van der Waals surface area contributed by atoms with E-state index < -0.39 is 27.4 Å². The van der Waals surface area contributed by atoms with Gasteiger partial charge in [0.2, 0.25) is 0 Å². The van der Waals surface area contributed by atoms with E-state index in [0.29, 0.717) is 30.5 Å². The second-order valence-corrected chi connectivity index (χ2v) is 8.78. The number of ether oxygens (including phenoxy) is 1. The minimum absolute atomic E-state index is 0.0598. The van der Waals surface area contributed by atoms with Crippen molar-refractivity contribution in [3.63, 3.8) is 0 Å². The number of nitro benzene ring substituents is 1. The van der Waals surface area contributed by atoms with Gasteiger partial charge in [-0.3, -0.25) is 14.3 Å². The van der Waals surface area contributed by atoms with Crippen LogP contribution in [0.25, 0.3) is 11.0 Å². The molecule has 2 aromatic rings. The number of hydrogen-bond acceptors (Lipinski definition) is 6. The number of nitrogens with one attached hydrogen (secondary N) is 1. The monoisotopic (exact) mass is 380 g/mol. The van der Waals surface area contributed by atoms with Crippen LogP contribution in [0, 0.1) is 10.1 Å². The lowest BCUT2D eigenvalue weighted by molar-refractivity contribution is -0.384. The minimum atomic E-state index is -1.46. The number of nitrogens with zero attached hydrogens (tertiary/aromatic N) is 3. The average Bonchev–Trinajstić information content (AvgIpc) is 3.18. The van der Waals surface area contributed by atoms with Crippen molar-refractivity contribution in [1.29, 1.82) is 0 Å². The molecule has 1 amide bonds. The van der Waals surface area contributed by atoms with Crippen LogP contribution in [0.4, 0.5) is 10.5 Å². The molecule has 3 rings (SSSR count). The van der Waals surface area contributed by atoms with Crippen molar-refractivity contribution in [3.05, 3.63) is 28.3 Å². The van der Waals surface area contributed by atoms with Crippen LogP contribution in [-0.4, -0.2) is 54.0 Å². The summed E-state index contributed by atoms with van der Waals surface area (Å²) in [7, 11) is -1.46. The fraction of sp³-hybridized carbons (Fsp3) is 0.500. The number of carbonyl (C=O) groups is 1. The van der Waals surface area contributed by atoms with Crippen molar-refractivity contribution < 1.29 is 18.7 Å². The first-order valence-electron chi connectivity index (χ1n) is 8.17. The quantitative estimate of drug-likeness (QED) is 0.646. The van der Waals surface area contributed by atoms with E-state index in [-0.39, 0.29) is 16.1 Å². The van der Waals surface area contributed by atoms with Crippen molar-refractivity contribution in [1.82, 2.24) is 14.9 Å². The Bertz CT molecular complexity index is 888. The zero-order chi connectivity index (χ0) is 19.1. The van der Waals surface area contributed by atoms with Gasteiger partial charge in [0, 0.05) is 25.2 Å². The second kappa shape index (κ2) is 6.67. The lowest BCUT2D eigenvalue weighted by Gasteiger charge is -2.24. The third-order valence-electron chi connectivity index (χ3n) is 3.94. The number of rotatable bonds is 3. The zero-order valence-electron chi connectivity index (χ0n) is 14.7. The van der Waals surface area contributed by atoms with Gasteiger partial charge < -0.3 is 14.6 Å². The van der Waals surface area contributed by atoms with E-state index in [4.69, 9.17) is 4.74 Å². The van der Waals surface area contributed by atoms with Gasteiger partial charge in [0.25, 0.3) is 5.69 Å². The summed E-state index contributed by atoms with van der Waals surface area (Å²) < 4.78 is 18.1. The molecule has 0 radical (unpaired) electrons. The molecule has 0 aliphatic carbocycles. The number of hydrogen-bond donors (Lipinski definition) is 1. The Hall–Kier alpha value is -2.49. The minimum Gasteiger partial charge on any atom is -0.444 e. The van der Waals surface area contributed by atoms with Gasteiger partial charge in [0.15, 0.2) is 5.16 Å². The lowest BCUT2D eigenvalue weighted by Crippen LogP contribution is -2.36. The molecule has 10 heteroatoms. The smallest absolute Gasteiger partial charge is 0.410 e. The SMILES string of the molecule is CC(C)(C)OC(=O)N1CC[C@H](S(=O)c2nc3ccc([N+](=O)[O-])cc3[nH]2)C1. The molecule has 9 nitrogen and oxygen atoms in total. The first-order valence-corrected chi connectivity index (χ1v) is 9.38. The molecule has 26 heavy (non-hydrogen) atoms. The number of nitro groups is 1. The van der Waals surface area contributed by atoms with Gasteiger partial charge in [-0.15, -0.1) is 0 Å². The van der Waals surface area contributed by atoms with Crippen LogP contribution in [0.1, 0.15) is 27.2 Å². The number of likely N-dealkylation sites (tertiary alicyclic amines) is 1. The van der Waals surface area contributed by atoms with Crippen LogP contribution in [0.5, 0.6) is 0 Å². The standard InChI is InChI=1S/C16H20N4O5S/c1-16(2,3)25-15(21)19-7-6-11(9-19)26(24)14-17-12-5-4-10(20(22)23)8-13(12)18-14/h4-5,8,11H,6-7,9H2,1-3H3,(H,17,18)/t11-,26?/m0/s1. The molecule has 1 aliphatic heterocycles. The van der Waals surface area contributed by atoms with Crippen LogP contribution in [-0.2, 0) is 15.5 Å². The molecule has 1 aliphatic rings. The number of amides is 1. The maximum atomic E-state index is 12.8. The molecular formula is C16H20N4O5S. The van der Waals surface area contributed by atoms with Gasteiger partial charge in [-0.25, -0.2) is 9.78 Å². The summed E-state index contributed by atoms with van der Waals surface area (Å²) in [5.41, 5.74) is 0.336. The summed E-state index contributed by atoms with van der Waals surface area (Å²) in [5.74, 6) is 0. The highest BCUT2D eigenvalue weighted by Crippen LogP contribution is 2.24. The molecule has 2 heterocycles. The Morgan fingerprint density at radius 3 is 2.85 bits per heavy atom. The molecule has 1 aromatic carbocycles. The molecule has 1 fully saturated rings. The maximum Gasteiger partial charge on any atom is 0.410 e. The zero-order valence-corrected chi connectivity index (χ0v) is 15.5. The molecule has 140 valence electrons. The maximum absolute atomic E-state index is 12.8. The van der Waals surface area contributed by atoms with Crippen molar-refractivity contribution in [2.75, 3.05) is 13.1 Å². The number of imidazole rings is 1. The summed E-state index contributed by atoms with van der Waals surface area (Å²) >= 11 is 0. The van der Waals surface area contributed by atoms with E-state index in [1.54, 1.807) is 25.7 Å². The van der Waals surface area contributed by atoms with Gasteiger partial charge in [0.05, 0.1) is 32.0 Å². The van der Waals surface area contributed by atoms with Crippen LogP contribution in [0.2, 0.25) is 0 Å². The second-order valence-electron chi connectivity index (χ2n) is 7.13. The number of benzene rings is 1. The number of carbonyl (C=O) groups excluding carboxylic acids is 1. The summed E-state index contributed by atoms with van der Waals surface area (Å²) in [6, 6.07) is 4.24. The van der Waals surface area contributed by atoms with E-state index in [9.17, 15) is 19.1 Å². The summed E-state index contributed by atoms with van der Waals surface area (Å²) in [6.45, 7) is 6.17. The number of aromatic amines is 1. The van der Waals surface area contributed by atoms with Crippen LogP contribution >= 0.6 is 0 Å². The summed E-state index contributed by atoms with van der Waals surface area (Å²) in [4.78, 5) is 31.2. The molecule has 2 atom stereocenters. The molecule has 1 N–H and O–H groups in total. The van der Waals surface area contributed by atoms with Gasteiger partial charge in [-0.1, -0.05) is 0 Å². The highest BCUT2D eigenvalue weighted by atomic mass is 32.2. The van der Waals surface area contributed by atoms with Crippen molar-refractivity contribution in [2.24, 2.45) is 0 Å². The van der Waals surface area contributed by atoms with Gasteiger partial charge in [-0.2, -0.15) is 0 Å². The first-order chi connectivity index (χ1) is 12.1. The van der Waals surface area contributed by atoms with Gasteiger partial charge in [0.1, 0.15) is 5.60 Å². The Labute approximate surface area is 152 Å².